The summed E-state index contributed by atoms with van der Waals surface area (Å²) >= 11 is 0. The lowest BCUT2D eigenvalue weighted by Crippen LogP contribution is -2.33. The van der Waals surface area contributed by atoms with Crippen LogP contribution in [0.1, 0.15) is 60.7 Å². The van der Waals surface area contributed by atoms with Crippen LogP contribution in [0.2, 0.25) is 0 Å². The molecular formula is C30H28N4O10. The van der Waals surface area contributed by atoms with Gasteiger partial charge in [0.2, 0.25) is 0 Å². The Morgan fingerprint density at radius 1 is 1.09 bits per heavy atom. The molecule has 1 aromatic carbocycles. The van der Waals surface area contributed by atoms with Gasteiger partial charge in [0.25, 0.3) is 11.5 Å². The number of amides is 1. The average molecular weight is 605 g/mol. The number of aromatic amines is 1. The number of H-pyrrole nitrogens is 1. The highest BCUT2D eigenvalue weighted by Gasteiger charge is 2.35. The summed E-state index contributed by atoms with van der Waals surface area (Å²) in [7, 11) is 2.37. The summed E-state index contributed by atoms with van der Waals surface area (Å²) in [6.07, 6.45) is 1.66. The van der Waals surface area contributed by atoms with Gasteiger partial charge in [0.05, 0.1) is 32.5 Å². The van der Waals surface area contributed by atoms with Gasteiger partial charge in [-0.3, -0.25) is 19.1 Å². The van der Waals surface area contributed by atoms with Gasteiger partial charge in [-0.15, -0.1) is 0 Å². The molecule has 3 aromatic rings. The number of nitrogens with one attached hydrogen (secondary N) is 2. The predicted molar refractivity (Wildman–Crippen MR) is 154 cm³/mol. The smallest absolute Gasteiger partial charge is 0.356 e. The number of carbonyl (C=O) groups excluding carboxylic acids is 3. The van der Waals surface area contributed by atoms with Crippen LogP contribution < -0.4 is 16.6 Å². The lowest BCUT2D eigenvalue weighted by atomic mass is 10.1. The molecule has 0 unspecified atom stereocenters. The van der Waals surface area contributed by atoms with Gasteiger partial charge in [0.15, 0.2) is 11.4 Å². The summed E-state index contributed by atoms with van der Waals surface area (Å²) in [5.74, 6) is 3.87. The van der Waals surface area contributed by atoms with E-state index in [-0.39, 0.29) is 29.9 Å². The maximum atomic E-state index is 12.6. The molecule has 0 saturated carbocycles. The van der Waals surface area contributed by atoms with Crippen LogP contribution in [0, 0.1) is 11.8 Å². The van der Waals surface area contributed by atoms with Gasteiger partial charge in [-0.25, -0.2) is 19.4 Å². The lowest BCUT2D eigenvalue weighted by molar-refractivity contribution is -0.0459. The maximum absolute atomic E-state index is 12.6. The third-order valence-electron chi connectivity index (χ3n) is 6.48. The lowest BCUT2D eigenvalue weighted by Gasteiger charge is -2.14. The molecule has 0 bridgehead atoms. The Morgan fingerprint density at radius 2 is 1.73 bits per heavy atom. The van der Waals surface area contributed by atoms with E-state index in [0.717, 1.165) is 4.57 Å². The van der Waals surface area contributed by atoms with Crippen LogP contribution in [0.15, 0.2) is 58.3 Å². The number of carbonyl (C=O) groups is 3. The van der Waals surface area contributed by atoms with Crippen LogP contribution in [0.3, 0.4) is 0 Å². The van der Waals surface area contributed by atoms with Crippen molar-refractivity contribution < 1.29 is 38.8 Å². The molecule has 1 saturated heterocycles. The Morgan fingerprint density at radius 3 is 2.32 bits per heavy atom. The van der Waals surface area contributed by atoms with E-state index < -0.39 is 54.1 Å². The molecule has 1 fully saturated rings. The van der Waals surface area contributed by atoms with Crippen molar-refractivity contribution in [1.82, 2.24) is 19.9 Å². The normalized spacial score (nSPS) is 17.5. The standard InChI is InChI=1S/C30H28N4O10/c1-42-28(39)21-12-18(13-22(32-21)29(40)43-2)6-5-17-7-9-19(10-8-17)26(37)31-11-3-4-20-15-34(30(41)33-27(20)38)25-14-23(36)24(16-35)44-25/h3-4,7-10,12-13,15,23-25,35-36H,11,14,16H2,1-2H3,(H,31,37)(H,33,38,41)/b4-3+/t23-,24+,25+/m0/s1. The number of hydrogen-bond acceptors (Lipinski definition) is 11. The van der Waals surface area contributed by atoms with E-state index in [1.165, 1.54) is 44.7 Å². The highest BCUT2D eigenvalue weighted by atomic mass is 16.5. The zero-order valence-corrected chi connectivity index (χ0v) is 23.6. The number of hydrogen-bond donors (Lipinski definition) is 4. The van der Waals surface area contributed by atoms with Gasteiger partial charge < -0.3 is 29.7 Å². The summed E-state index contributed by atoms with van der Waals surface area (Å²) in [6.45, 7) is -0.347. The molecule has 4 N–H and O–H groups in total. The SMILES string of the molecule is COC(=O)c1cc(C#Cc2ccc(C(=O)NC/C=C/c3cn([C@H]4C[C@H](O)[C@@H](CO)O4)c(=O)[nH]c3=O)cc2)cc(C(=O)OC)n1. The molecule has 3 atom stereocenters. The molecular weight excluding hydrogens is 576 g/mol. The van der Waals surface area contributed by atoms with Gasteiger partial charge in [0, 0.05) is 35.9 Å². The second-order valence-electron chi connectivity index (χ2n) is 9.42. The van der Waals surface area contributed by atoms with Gasteiger partial charge >= 0.3 is 17.6 Å². The molecule has 1 aliphatic heterocycles. The first-order valence-corrected chi connectivity index (χ1v) is 13.2. The predicted octanol–water partition coefficient (Wildman–Crippen LogP) is -0.0115. The van der Waals surface area contributed by atoms with Crippen LogP contribution in [-0.2, 0) is 14.2 Å². The molecule has 0 spiro atoms. The molecule has 44 heavy (non-hydrogen) atoms. The fraction of sp³-hybridized carbons (Fsp3) is 0.267. The summed E-state index contributed by atoms with van der Waals surface area (Å²) in [5.41, 5.74) is -0.229. The summed E-state index contributed by atoms with van der Waals surface area (Å²) in [6, 6.07) is 9.11. The molecule has 228 valence electrons. The molecule has 14 heteroatoms. The van der Waals surface area contributed by atoms with E-state index in [1.54, 1.807) is 24.3 Å². The van der Waals surface area contributed by atoms with Crippen LogP contribution >= 0.6 is 0 Å². The van der Waals surface area contributed by atoms with Crippen molar-refractivity contribution in [3.63, 3.8) is 0 Å². The Hall–Kier alpha value is -5.36. The number of aliphatic hydroxyl groups excluding tert-OH is 2. The van der Waals surface area contributed by atoms with E-state index in [0.29, 0.717) is 16.7 Å². The third kappa shape index (κ3) is 7.53. The highest BCUT2D eigenvalue weighted by molar-refractivity contribution is 5.94. The Kier molecular flexibility index (Phi) is 10.2. The van der Waals surface area contributed by atoms with Crippen LogP contribution in [0.4, 0.5) is 0 Å². The first kappa shape index (κ1) is 31.6. The molecule has 0 radical (unpaired) electrons. The van der Waals surface area contributed by atoms with Gasteiger partial charge in [-0.1, -0.05) is 24.0 Å². The molecule has 14 nitrogen and oxygen atoms in total. The second-order valence-corrected chi connectivity index (χ2v) is 9.42. The van der Waals surface area contributed by atoms with Crippen LogP contribution in [-0.4, -0.2) is 82.2 Å². The topological polar surface area (TPSA) is 199 Å². The van der Waals surface area contributed by atoms with E-state index in [9.17, 15) is 34.2 Å². The molecule has 1 amide bonds. The van der Waals surface area contributed by atoms with Crippen molar-refractivity contribution in [2.75, 3.05) is 27.4 Å². The fourth-order valence-corrected chi connectivity index (χ4v) is 4.19. The molecule has 0 aliphatic carbocycles. The number of ether oxygens (including phenoxy) is 3. The van der Waals surface area contributed by atoms with Crippen molar-refractivity contribution in [3.05, 3.63) is 103 Å². The highest BCUT2D eigenvalue weighted by Crippen LogP contribution is 2.27. The molecule has 1 aliphatic rings. The second kappa shape index (κ2) is 14.2. The zero-order valence-electron chi connectivity index (χ0n) is 23.6. The van der Waals surface area contributed by atoms with Crippen molar-refractivity contribution in [3.8, 4) is 11.8 Å². The van der Waals surface area contributed by atoms with Gasteiger partial charge in [-0.05, 0) is 36.4 Å². The number of nitrogens with zero attached hydrogens (tertiary/aromatic N) is 2. The first-order chi connectivity index (χ1) is 21.1. The molecule has 3 heterocycles. The minimum atomic E-state index is -0.956. The number of methoxy groups -OCH3 is 2. The van der Waals surface area contributed by atoms with Crippen molar-refractivity contribution in [2.45, 2.75) is 24.9 Å². The van der Waals surface area contributed by atoms with Crippen molar-refractivity contribution in [2.24, 2.45) is 0 Å². The quantitative estimate of drug-likeness (QED) is 0.199. The number of benzene rings is 1. The maximum Gasteiger partial charge on any atom is 0.356 e. The third-order valence-corrected chi connectivity index (χ3v) is 6.48. The minimum Gasteiger partial charge on any atom is -0.464 e. The Balaban J connectivity index is 1.39. The number of pyridine rings is 1. The first-order valence-electron chi connectivity index (χ1n) is 13.2. The number of aliphatic hydroxyl groups is 2. The summed E-state index contributed by atoms with van der Waals surface area (Å²) in [5, 5.41) is 21.9. The molecule has 2 aromatic heterocycles. The summed E-state index contributed by atoms with van der Waals surface area (Å²) < 4.78 is 16.0. The van der Waals surface area contributed by atoms with Crippen LogP contribution in [0.25, 0.3) is 6.08 Å². The van der Waals surface area contributed by atoms with Crippen LogP contribution in [0.5, 0.6) is 0 Å². The van der Waals surface area contributed by atoms with Crippen molar-refractivity contribution >= 4 is 23.9 Å². The monoisotopic (exact) mass is 604 g/mol. The number of aromatic nitrogens is 3. The van der Waals surface area contributed by atoms with E-state index in [4.69, 9.17) is 4.74 Å². The fourth-order valence-electron chi connectivity index (χ4n) is 4.19. The minimum absolute atomic E-state index is 0.0666. The largest absolute Gasteiger partial charge is 0.464 e. The summed E-state index contributed by atoms with van der Waals surface area (Å²) in [4.78, 5) is 67.0. The van der Waals surface area contributed by atoms with E-state index in [2.05, 4.69) is 36.6 Å². The van der Waals surface area contributed by atoms with Gasteiger partial charge in [-0.2, -0.15) is 0 Å². The Labute approximate surface area is 249 Å². The number of rotatable bonds is 8. The molecule has 4 rings (SSSR count). The Bertz CT molecular complexity index is 1730. The van der Waals surface area contributed by atoms with E-state index >= 15 is 0 Å². The van der Waals surface area contributed by atoms with Crippen molar-refractivity contribution in [1.29, 1.82) is 0 Å². The number of esters is 2. The zero-order chi connectivity index (χ0) is 31.8. The van der Waals surface area contributed by atoms with Gasteiger partial charge in [0.1, 0.15) is 12.3 Å². The van der Waals surface area contributed by atoms with E-state index in [1.807, 2.05) is 0 Å². The average Bonchev–Trinajstić information content (AvgIpc) is 3.41.